The second kappa shape index (κ2) is 4.68. The zero-order chi connectivity index (χ0) is 14.9. The molecule has 118 valence electrons. The van der Waals surface area contributed by atoms with Crippen molar-refractivity contribution in [3.8, 4) is 11.5 Å². The second-order valence-electron chi connectivity index (χ2n) is 7.52. The Labute approximate surface area is 145 Å². The van der Waals surface area contributed by atoms with E-state index in [0.717, 1.165) is 34.4 Å². The number of ether oxygens (including phenoxy) is 1. The molecule has 1 spiro atoms. The van der Waals surface area contributed by atoms with Crippen molar-refractivity contribution in [3.05, 3.63) is 17.2 Å². The Kier molecular flexibility index (Phi) is 2.93. The molecule has 22 heavy (non-hydrogen) atoms. The molecule has 4 atom stereocenters. The number of rotatable bonds is 0. The number of halogens is 1. The van der Waals surface area contributed by atoms with Gasteiger partial charge in [0, 0.05) is 10.5 Å². The van der Waals surface area contributed by atoms with Gasteiger partial charge in [-0.25, -0.2) is 0 Å². The minimum atomic E-state index is 0.327. The smallest absolute Gasteiger partial charge is 0.184 e. The summed E-state index contributed by atoms with van der Waals surface area (Å²) in [6.45, 7) is 1.49. The molecule has 0 aromatic heterocycles. The number of alkyl halides is 1. The summed E-state index contributed by atoms with van der Waals surface area (Å²) >= 11 is 2.73. The molecule has 4 aliphatic rings. The summed E-state index contributed by atoms with van der Waals surface area (Å²) in [4.78, 5) is 0. The van der Waals surface area contributed by atoms with Gasteiger partial charge in [-0.2, -0.15) is 0 Å². The maximum Gasteiger partial charge on any atom is 0.184 e. The van der Waals surface area contributed by atoms with E-state index in [1.165, 1.54) is 43.2 Å². The molecule has 1 aromatic carbocycles. The molecule has 1 heterocycles. The van der Waals surface area contributed by atoms with E-state index in [1.807, 2.05) is 0 Å². The maximum atomic E-state index is 10.5. The Bertz CT molecular complexity index is 646. The highest BCUT2D eigenvalue weighted by Gasteiger charge is 2.57. The quantitative estimate of drug-likeness (QED) is 0.501. The third kappa shape index (κ3) is 1.62. The number of hydrogen-bond donors (Lipinski definition) is 2. The molecule has 1 aromatic rings. The molecule has 2 unspecified atom stereocenters. The fourth-order valence-electron chi connectivity index (χ4n) is 5.79. The van der Waals surface area contributed by atoms with Gasteiger partial charge in [0.05, 0.1) is 5.69 Å². The average molecular weight is 411 g/mol. The van der Waals surface area contributed by atoms with Crippen LogP contribution in [0.3, 0.4) is 0 Å². The zero-order valence-electron chi connectivity index (χ0n) is 12.7. The van der Waals surface area contributed by atoms with E-state index in [1.54, 1.807) is 0 Å². The second-order valence-corrected chi connectivity index (χ2v) is 8.96. The predicted molar refractivity (Wildman–Crippen MR) is 95.3 cm³/mol. The standard InChI is InChI=1S/C18H22INO2/c19-15-10-7-11-13(18(9-10)4-2-1-3-12(15)18)8-14(21)17-16(11)20-5-6-22-17/h8,10,12,15,20-21H,1-7,9H2/t10-,12?,15?,18+/m1/s1. The summed E-state index contributed by atoms with van der Waals surface area (Å²) in [5.74, 6) is 2.64. The molecular weight excluding hydrogens is 389 g/mol. The molecule has 2 bridgehead atoms. The molecule has 1 aliphatic heterocycles. The van der Waals surface area contributed by atoms with Crippen molar-refractivity contribution >= 4 is 28.3 Å². The van der Waals surface area contributed by atoms with Crippen LogP contribution in [0, 0.1) is 11.8 Å². The predicted octanol–water partition coefficient (Wildman–Crippen LogP) is 4.00. The van der Waals surface area contributed by atoms with Crippen molar-refractivity contribution in [1.82, 2.24) is 0 Å². The van der Waals surface area contributed by atoms with Gasteiger partial charge in [-0.15, -0.1) is 0 Å². The third-order valence-corrected chi connectivity index (χ3v) is 8.46. The van der Waals surface area contributed by atoms with E-state index in [4.69, 9.17) is 4.74 Å². The van der Waals surface area contributed by atoms with Crippen LogP contribution >= 0.6 is 22.6 Å². The van der Waals surface area contributed by atoms with Crippen molar-refractivity contribution in [3.63, 3.8) is 0 Å². The van der Waals surface area contributed by atoms with Crippen LogP contribution in [0.5, 0.6) is 11.5 Å². The largest absolute Gasteiger partial charge is 0.504 e. The van der Waals surface area contributed by atoms with E-state index in [-0.39, 0.29) is 0 Å². The van der Waals surface area contributed by atoms with E-state index in [9.17, 15) is 5.11 Å². The first-order chi connectivity index (χ1) is 10.7. The number of anilines is 1. The number of phenolic OH excluding ortho intramolecular Hbond substituents is 1. The van der Waals surface area contributed by atoms with Gasteiger partial charge >= 0.3 is 0 Å². The number of aromatic hydroxyl groups is 1. The summed E-state index contributed by atoms with van der Waals surface area (Å²) in [7, 11) is 0. The highest BCUT2D eigenvalue weighted by molar-refractivity contribution is 14.1. The fraction of sp³-hybridized carbons (Fsp3) is 0.667. The van der Waals surface area contributed by atoms with Crippen LogP contribution < -0.4 is 10.1 Å². The van der Waals surface area contributed by atoms with Crippen LogP contribution in [0.25, 0.3) is 0 Å². The number of hydrogen-bond acceptors (Lipinski definition) is 3. The molecule has 0 amide bonds. The highest BCUT2D eigenvalue weighted by Crippen LogP contribution is 2.64. The monoisotopic (exact) mass is 411 g/mol. The fourth-order valence-corrected chi connectivity index (χ4v) is 7.35. The van der Waals surface area contributed by atoms with E-state index < -0.39 is 0 Å². The first kappa shape index (κ1) is 13.8. The van der Waals surface area contributed by atoms with Crippen LogP contribution in [-0.2, 0) is 11.8 Å². The first-order valence-corrected chi connectivity index (χ1v) is 9.85. The van der Waals surface area contributed by atoms with Crippen LogP contribution in [0.15, 0.2) is 6.07 Å². The number of benzene rings is 1. The van der Waals surface area contributed by atoms with Crippen LogP contribution in [0.1, 0.15) is 43.2 Å². The summed E-state index contributed by atoms with van der Waals surface area (Å²) in [5, 5.41) is 14.0. The third-order valence-electron chi connectivity index (χ3n) is 6.58. The number of phenols is 1. The molecule has 2 N–H and O–H groups in total. The Balaban J connectivity index is 1.75. The van der Waals surface area contributed by atoms with E-state index in [0.29, 0.717) is 23.5 Å². The Morgan fingerprint density at radius 3 is 3.18 bits per heavy atom. The molecule has 0 saturated heterocycles. The van der Waals surface area contributed by atoms with Gasteiger partial charge in [0.15, 0.2) is 11.5 Å². The molecule has 4 heteroatoms. The van der Waals surface area contributed by atoms with Crippen molar-refractivity contribution < 1.29 is 9.84 Å². The summed E-state index contributed by atoms with van der Waals surface area (Å²) in [6.07, 6.45) is 7.88. The lowest BCUT2D eigenvalue weighted by molar-refractivity contribution is 0.219. The highest BCUT2D eigenvalue weighted by atomic mass is 127. The van der Waals surface area contributed by atoms with Crippen molar-refractivity contribution in [1.29, 1.82) is 0 Å². The minimum absolute atomic E-state index is 0.327. The van der Waals surface area contributed by atoms with Gasteiger partial charge in [0.2, 0.25) is 0 Å². The molecule has 3 aliphatic carbocycles. The van der Waals surface area contributed by atoms with Gasteiger partial charge in [-0.05, 0) is 60.1 Å². The SMILES string of the molecule is Oc1cc2c(c3c1OCCN3)C[C@@H]1C[C@]23CCCCC3C1I. The Hall–Kier alpha value is -0.650. The molecule has 5 rings (SSSR count). The van der Waals surface area contributed by atoms with Gasteiger partial charge < -0.3 is 15.2 Å². The lowest BCUT2D eigenvalue weighted by Gasteiger charge is -2.44. The van der Waals surface area contributed by atoms with Crippen molar-refractivity contribution in [2.24, 2.45) is 11.8 Å². The number of nitrogens with one attached hydrogen (secondary N) is 1. The maximum absolute atomic E-state index is 10.5. The van der Waals surface area contributed by atoms with E-state index >= 15 is 0 Å². The van der Waals surface area contributed by atoms with Crippen LogP contribution in [-0.4, -0.2) is 22.2 Å². The van der Waals surface area contributed by atoms with Gasteiger partial charge in [0.1, 0.15) is 6.61 Å². The zero-order valence-corrected chi connectivity index (χ0v) is 14.9. The summed E-state index contributed by atoms with van der Waals surface area (Å²) in [5.41, 5.74) is 4.32. The van der Waals surface area contributed by atoms with E-state index in [2.05, 4.69) is 34.0 Å². The minimum Gasteiger partial charge on any atom is -0.504 e. The molecular formula is C18H22INO2. The lowest BCUT2D eigenvalue weighted by Crippen LogP contribution is -2.37. The molecule has 0 radical (unpaired) electrons. The Morgan fingerprint density at radius 1 is 1.36 bits per heavy atom. The first-order valence-electron chi connectivity index (χ1n) is 8.61. The molecule has 2 fully saturated rings. The Morgan fingerprint density at radius 2 is 2.27 bits per heavy atom. The van der Waals surface area contributed by atoms with Gasteiger partial charge in [-0.1, -0.05) is 35.4 Å². The number of fused-ring (bicyclic) bond motifs is 4. The van der Waals surface area contributed by atoms with Crippen molar-refractivity contribution in [2.75, 3.05) is 18.5 Å². The van der Waals surface area contributed by atoms with Crippen LogP contribution in [0.4, 0.5) is 5.69 Å². The van der Waals surface area contributed by atoms with Gasteiger partial charge in [-0.3, -0.25) is 0 Å². The lowest BCUT2D eigenvalue weighted by atomic mass is 9.61. The average Bonchev–Trinajstić information content (AvgIpc) is 2.79. The summed E-state index contributed by atoms with van der Waals surface area (Å²) < 4.78 is 6.54. The molecule has 3 nitrogen and oxygen atoms in total. The topological polar surface area (TPSA) is 41.5 Å². The van der Waals surface area contributed by atoms with Crippen LogP contribution in [0.2, 0.25) is 0 Å². The van der Waals surface area contributed by atoms with Gasteiger partial charge in [0.25, 0.3) is 0 Å². The normalized spacial score (nSPS) is 38.3. The van der Waals surface area contributed by atoms with Crippen molar-refractivity contribution in [2.45, 2.75) is 47.9 Å². The molecule has 2 saturated carbocycles. The summed E-state index contributed by atoms with van der Waals surface area (Å²) in [6, 6.07) is 2.06.